The van der Waals surface area contributed by atoms with Crippen molar-refractivity contribution in [2.24, 2.45) is 0 Å². The first-order valence-electron chi connectivity index (χ1n) is 7.34. The highest BCUT2D eigenvalue weighted by Gasteiger charge is 2.18. The highest BCUT2D eigenvalue weighted by Crippen LogP contribution is 2.31. The van der Waals surface area contributed by atoms with Crippen LogP contribution in [0.1, 0.15) is 42.1 Å². The van der Waals surface area contributed by atoms with E-state index in [1.165, 1.54) is 25.8 Å². The number of aryl methyl sites for hydroxylation is 2. The van der Waals surface area contributed by atoms with Crippen LogP contribution >= 0.6 is 34.2 Å². The Morgan fingerprint density at radius 3 is 2.43 bits per heavy atom. The normalized spacial score (nSPS) is 12.4. The zero-order chi connectivity index (χ0) is 15.4. The van der Waals surface area contributed by atoms with Gasteiger partial charge in [0, 0.05) is 8.59 Å². The lowest BCUT2D eigenvalue weighted by Crippen LogP contribution is -2.20. The number of halogens is 2. The number of hydrogen-bond acceptors (Lipinski definition) is 1. The Balaban J connectivity index is 2.57. The molecule has 0 aliphatic heterocycles. The van der Waals surface area contributed by atoms with Gasteiger partial charge in [-0.1, -0.05) is 43.6 Å². The van der Waals surface area contributed by atoms with Crippen molar-refractivity contribution in [2.75, 3.05) is 7.05 Å². The molecule has 0 aliphatic carbocycles. The average molecular weight is 414 g/mol. The molecule has 1 N–H and O–H groups in total. The second-order valence-electron chi connectivity index (χ2n) is 5.13. The van der Waals surface area contributed by atoms with Crippen LogP contribution in [0.4, 0.5) is 0 Å². The third-order valence-electron chi connectivity index (χ3n) is 3.87. The van der Waals surface area contributed by atoms with Gasteiger partial charge in [0.25, 0.3) is 0 Å². The molecule has 0 heterocycles. The topological polar surface area (TPSA) is 12.0 Å². The Morgan fingerprint density at radius 1 is 1.05 bits per heavy atom. The molecule has 1 atom stereocenters. The van der Waals surface area contributed by atoms with Crippen molar-refractivity contribution in [1.82, 2.24) is 5.32 Å². The zero-order valence-electron chi connectivity index (χ0n) is 12.7. The maximum atomic E-state index is 6.21. The summed E-state index contributed by atoms with van der Waals surface area (Å²) in [6.07, 6.45) is 2.09. The zero-order valence-corrected chi connectivity index (χ0v) is 15.6. The predicted octanol–water partition coefficient (Wildman–Crippen LogP) is 5.38. The van der Waals surface area contributed by atoms with Crippen molar-refractivity contribution in [2.45, 2.75) is 32.7 Å². The van der Waals surface area contributed by atoms with Gasteiger partial charge in [0.15, 0.2) is 0 Å². The molecule has 0 aromatic heterocycles. The third-order valence-corrected chi connectivity index (χ3v) is 5.09. The summed E-state index contributed by atoms with van der Waals surface area (Å²) in [6, 6.07) is 13.1. The van der Waals surface area contributed by atoms with Crippen molar-refractivity contribution in [3.8, 4) is 0 Å². The monoisotopic (exact) mass is 413 g/mol. The maximum absolute atomic E-state index is 6.21. The van der Waals surface area contributed by atoms with Crippen molar-refractivity contribution >= 4 is 34.2 Å². The summed E-state index contributed by atoms with van der Waals surface area (Å²) < 4.78 is 1.24. The maximum Gasteiger partial charge on any atom is 0.0588 e. The van der Waals surface area contributed by atoms with Crippen LogP contribution < -0.4 is 5.32 Å². The molecular formula is C18H21ClIN. The van der Waals surface area contributed by atoms with Crippen LogP contribution in [0, 0.1) is 3.57 Å². The van der Waals surface area contributed by atoms with Crippen molar-refractivity contribution in [3.63, 3.8) is 0 Å². The second kappa shape index (κ2) is 7.61. The first-order valence-corrected chi connectivity index (χ1v) is 8.80. The Morgan fingerprint density at radius 2 is 1.81 bits per heavy atom. The lowest BCUT2D eigenvalue weighted by molar-refractivity contribution is 0.680. The molecule has 2 aromatic rings. The minimum Gasteiger partial charge on any atom is -0.309 e. The highest BCUT2D eigenvalue weighted by atomic mass is 127. The van der Waals surface area contributed by atoms with Crippen LogP contribution in [0.15, 0.2) is 36.4 Å². The fourth-order valence-electron chi connectivity index (χ4n) is 2.67. The number of nitrogens with one attached hydrogen (secondary N) is 1. The van der Waals surface area contributed by atoms with E-state index in [0.717, 1.165) is 17.9 Å². The van der Waals surface area contributed by atoms with Crippen LogP contribution in [0.2, 0.25) is 5.02 Å². The van der Waals surface area contributed by atoms with E-state index in [1.807, 2.05) is 13.1 Å². The van der Waals surface area contributed by atoms with Gasteiger partial charge in [-0.3, -0.25) is 0 Å². The van der Waals surface area contributed by atoms with Gasteiger partial charge >= 0.3 is 0 Å². The van der Waals surface area contributed by atoms with Crippen LogP contribution in [-0.4, -0.2) is 7.05 Å². The van der Waals surface area contributed by atoms with Gasteiger partial charge in [0.1, 0.15) is 0 Å². The first kappa shape index (κ1) is 16.8. The summed E-state index contributed by atoms with van der Waals surface area (Å²) in [5, 5.41) is 4.25. The molecule has 0 saturated heterocycles. The van der Waals surface area contributed by atoms with Crippen LogP contribution in [0.25, 0.3) is 0 Å². The van der Waals surface area contributed by atoms with Gasteiger partial charge in [-0.05, 0) is 82.9 Å². The average Bonchev–Trinajstić information content (AvgIpc) is 2.51. The molecule has 0 amide bonds. The van der Waals surface area contributed by atoms with Crippen LogP contribution in [0.5, 0.6) is 0 Å². The van der Waals surface area contributed by atoms with Crippen LogP contribution in [0.3, 0.4) is 0 Å². The molecule has 0 radical (unpaired) electrons. The molecule has 1 nitrogen and oxygen atoms in total. The predicted molar refractivity (Wildman–Crippen MR) is 100 cm³/mol. The van der Waals surface area contributed by atoms with E-state index in [0.29, 0.717) is 0 Å². The van der Waals surface area contributed by atoms with E-state index in [4.69, 9.17) is 11.6 Å². The standard InChI is InChI=1S/C18H21ClIN/c1-4-12-6-7-13(5-2)15(10-12)18(21-3)16-11-14(19)8-9-17(16)20/h6-11,18,21H,4-5H2,1-3H3. The molecule has 1 unspecified atom stereocenters. The molecule has 2 aromatic carbocycles. The van der Waals surface area contributed by atoms with Gasteiger partial charge in [-0.25, -0.2) is 0 Å². The van der Waals surface area contributed by atoms with Crippen LogP contribution in [-0.2, 0) is 12.8 Å². The smallest absolute Gasteiger partial charge is 0.0588 e. The highest BCUT2D eigenvalue weighted by molar-refractivity contribution is 14.1. The van der Waals surface area contributed by atoms with Crippen molar-refractivity contribution < 1.29 is 0 Å². The first-order chi connectivity index (χ1) is 10.1. The minimum atomic E-state index is 0.178. The Hall–Kier alpha value is -0.580. The number of benzene rings is 2. The molecule has 0 spiro atoms. The Labute approximate surface area is 146 Å². The van der Waals surface area contributed by atoms with Gasteiger partial charge in [-0.15, -0.1) is 0 Å². The molecular weight excluding hydrogens is 393 g/mol. The van der Waals surface area contributed by atoms with Gasteiger partial charge in [0.05, 0.1) is 6.04 Å². The van der Waals surface area contributed by atoms with Gasteiger partial charge in [-0.2, -0.15) is 0 Å². The summed E-state index contributed by atoms with van der Waals surface area (Å²) >= 11 is 8.59. The SMILES string of the molecule is CCc1ccc(CC)c(C(NC)c2cc(Cl)ccc2I)c1. The van der Waals surface area contributed by atoms with E-state index < -0.39 is 0 Å². The largest absolute Gasteiger partial charge is 0.309 e. The lowest BCUT2D eigenvalue weighted by atomic mass is 9.91. The van der Waals surface area contributed by atoms with E-state index in [9.17, 15) is 0 Å². The quantitative estimate of drug-likeness (QED) is 0.649. The summed E-state index contributed by atoms with van der Waals surface area (Å²) in [4.78, 5) is 0. The summed E-state index contributed by atoms with van der Waals surface area (Å²) in [5.74, 6) is 0. The Bertz CT molecular complexity index is 625. The summed E-state index contributed by atoms with van der Waals surface area (Å²) in [6.45, 7) is 4.41. The molecule has 2 rings (SSSR count). The second-order valence-corrected chi connectivity index (χ2v) is 6.73. The van der Waals surface area contributed by atoms with E-state index in [1.54, 1.807) is 0 Å². The number of rotatable bonds is 5. The molecule has 0 fully saturated rings. The van der Waals surface area contributed by atoms with E-state index in [-0.39, 0.29) is 6.04 Å². The van der Waals surface area contributed by atoms with E-state index >= 15 is 0 Å². The fraction of sp³-hybridized carbons (Fsp3) is 0.333. The van der Waals surface area contributed by atoms with Gasteiger partial charge < -0.3 is 5.32 Å². The molecule has 3 heteroatoms. The molecule has 0 bridgehead atoms. The van der Waals surface area contributed by atoms with Crippen molar-refractivity contribution in [3.05, 3.63) is 67.2 Å². The molecule has 21 heavy (non-hydrogen) atoms. The van der Waals surface area contributed by atoms with Crippen molar-refractivity contribution in [1.29, 1.82) is 0 Å². The van der Waals surface area contributed by atoms with Gasteiger partial charge in [0.2, 0.25) is 0 Å². The molecule has 0 saturated carbocycles. The van der Waals surface area contributed by atoms with E-state index in [2.05, 4.69) is 72.1 Å². The summed E-state index contributed by atoms with van der Waals surface area (Å²) in [7, 11) is 2.01. The summed E-state index contributed by atoms with van der Waals surface area (Å²) in [5.41, 5.74) is 5.37. The lowest BCUT2D eigenvalue weighted by Gasteiger charge is -2.22. The minimum absolute atomic E-state index is 0.178. The fourth-order valence-corrected chi connectivity index (χ4v) is 3.50. The number of hydrogen-bond donors (Lipinski definition) is 1. The molecule has 0 aliphatic rings. The third kappa shape index (κ3) is 3.79. The molecule has 112 valence electrons. The Kier molecular flexibility index (Phi) is 6.08.